The fourth-order valence-electron chi connectivity index (χ4n) is 5.98. The van der Waals surface area contributed by atoms with E-state index in [4.69, 9.17) is 0 Å². The van der Waals surface area contributed by atoms with Crippen LogP contribution in [0.4, 0.5) is 38.1 Å². The maximum atomic E-state index is 13.4. The number of H-pyrrole nitrogens is 1. The lowest BCUT2D eigenvalue weighted by Crippen LogP contribution is -2.49. The maximum absolute atomic E-state index is 13.4. The number of alkyl halides is 6. The number of anilines is 2. The van der Waals surface area contributed by atoms with Gasteiger partial charge in [-0.3, -0.25) is 9.59 Å². The summed E-state index contributed by atoms with van der Waals surface area (Å²) in [6, 6.07) is 0.624. The second-order valence-electron chi connectivity index (χ2n) is 10.2. The Morgan fingerprint density at radius 1 is 1.00 bits per heavy atom. The highest BCUT2D eigenvalue weighted by Gasteiger charge is 2.45. The second-order valence-corrected chi connectivity index (χ2v) is 10.2. The molecule has 212 valence electrons. The molecule has 15 heteroatoms. The smallest absolute Gasteiger partial charge is 0.349 e. The zero-order valence-electron chi connectivity index (χ0n) is 20.8. The number of hydrogen-bond acceptors (Lipinski definition) is 7. The first-order chi connectivity index (χ1) is 18.4. The van der Waals surface area contributed by atoms with Crippen molar-refractivity contribution in [2.45, 2.75) is 63.0 Å². The van der Waals surface area contributed by atoms with Crippen molar-refractivity contribution >= 4 is 17.7 Å². The van der Waals surface area contributed by atoms with Crippen LogP contribution in [0.2, 0.25) is 0 Å². The molecule has 3 aliphatic rings. The molecule has 0 aromatic carbocycles. The SMILES string of the molecule is O=C(CC[C@@H]1C[C@@H]2CCC[C@@H]2N1c1cc(C(F)(F)F)c(=O)[nH]n1)N1CCN(c2ncc(C(F)(F)F)cn2)CC1. The van der Waals surface area contributed by atoms with E-state index in [2.05, 4.69) is 15.1 Å². The summed E-state index contributed by atoms with van der Waals surface area (Å²) < 4.78 is 78.4. The van der Waals surface area contributed by atoms with Crippen LogP contribution in [0.5, 0.6) is 0 Å². The van der Waals surface area contributed by atoms with Gasteiger partial charge in [-0.15, -0.1) is 0 Å². The van der Waals surface area contributed by atoms with Crippen molar-refractivity contribution < 1.29 is 31.1 Å². The molecule has 39 heavy (non-hydrogen) atoms. The average Bonchev–Trinajstić information content (AvgIpc) is 3.48. The van der Waals surface area contributed by atoms with Gasteiger partial charge in [0.05, 0.1) is 5.56 Å². The number of nitrogens with zero attached hydrogens (tertiary/aromatic N) is 6. The Bertz CT molecular complexity index is 1240. The van der Waals surface area contributed by atoms with E-state index in [9.17, 15) is 35.9 Å². The largest absolute Gasteiger partial charge is 0.421 e. The van der Waals surface area contributed by atoms with Crippen molar-refractivity contribution in [3.05, 3.63) is 39.9 Å². The summed E-state index contributed by atoms with van der Waals surface area (Å²) >= 11 is 0. The Morgan fingerprint density at radius 3 is 2.33 bits per heavy atom. The molecule has 0 radical (unpaired) electrons. The number of piperazine rings is 1. The van der Waals surface area contributed by atoms with Crippen LogP contribution >= 0.6 is 0 Å². The third-order valence-electron chi connectivity index (χ3n) is 7.88. The van der Waals surface area contributed by atoms with E-state index in [0.29, 0.717) is 38.5 Å². The lowest BCUT2D eigenvalue weighted by atomic mass is 9.99. The predicted octanol–water partition coefficient (Wildman–Crippen LogP) is 3.47. The Balaban J connectivity index is 1.20. The van der Waals surface area contributed by atoms with Gasteiger partial charge < -0.3 is 14.7 Å². The number of rotatable bonds is 5. The Hall–Kier alpha value is -3.39. The van der Waals surface area contributed by atoms with E-state index in [0.717, 1.165) is 44.1 Å². The van der Waals surface area contributed by atoms with Crippen LogP contribution in [0.15, 0.2) is 23.3 Å². The van der Waals surface area contributed by atoms with Gasteiger partial charge in [0.15, 0.2) is 0 Å². The van der Waals surface area contributed by atoms with Crippen LogP contribution in [0, 0.1) is 5.92 Å². The molecule has 2 saturated heterocycles. The summed E-state index contributed by atoms with van der Waals surface area (Å²) in [6.07, 6.45) is -3.79. The van der Waals surface area contributed by atoms with Crippen LogP contribution in [-0.4, -0.2) is 69.2 Å². The number of hydrogen-bond donors (Lipinski definition) is 1. The van der Waals surface area contributed by atoms with Crippen LogP contribution in [0.1, 0.15) is 49.7 Å². The third-order valence-corrected chi connectivity index (χ3v) is 7.88. The number of aromatic nitrogens is 4. The summed E-state index contributed by atoms with van der Waals surface area (Å²) in [5.41, 5.74) is -3.52. The summed E-state index contributed by atoms with van der Waals surface area (Å²) in [5.74, 6) is 0.416. The lowest BCUT2D eigenvalue weighted by Gasteiger charge is -2.35. The predicted molar refractivity (Wildman–Crippen MR) is 127 cm³/mol. The number of aromatic amines is 1. The van der Waals surface area contributed by atoms with Gasteiger partial charge in [0.25, 0.3) is 5.56 Å². The van der Waals surface area contributed by atoms with Gasteiger partial charge in [-0.05, 0) is 31.6 Å². The van der Waals surface area contributed by atoms with Crippen molar-refractivity contribution in [2.24, 2.45) is 5.92 Å². The van der Waals surface area contributed by atoms with Gasteiger partial charge in [0.2, 0.25) is 11.9 Å². The van der Waals surface area contributed by atoms with E-state index in [1.165, 1.54) is 0 Å². The van der Waals surface area contributed by atoms with Crippen molar-refractivity contribution in [1.82, 2.24) is 25.1 Å². The summed E-state index contributed by atoms with van der Waals surface area (Å²) in [5, 5.41) is 5.92. The fraction of sp³-hybridized carbons (Fsp3) is 0.625. The minimum atomic E-state index is -4.81. The quantitative estimate of drug-likeness (QED) is 0.561. The molecule has 0 unspecified atom stereocenters. The zero-order valence-corrected chi connectivity index (χ0v) is 20.8. The second kappa shape index (κ2) is 10.3. The zero-order chi connectivity index (χ0) is 27.9. The van der Waals surface area contributed by atoms with E-state index in [-0.39, 0.29) is 36.2 Å². The number of amides is 1. The van der Waals surface area contributed by atoms with Gasteiger partial charge in [-0.1, -0.05) is 6.42 Å². The monoisotopic (exact) mass is 559 g/mol. The Kier molecular flexibility index (Phi) is 7.18. The van der Waals surface area contributed by atoms with Gasteiger partial charge in [-0.2, -0.15) is 31.4 Å². The van der Waals surface area contributed by atoms with Crippen LogP contribution in [0.3, 0.4) is 0 Å². The van der Waals surface area contributed by atoms with E-state index < -0.39 is 29.0 Å². The molecule has 1 amide bonds. The van der Waals surface area contributed by atoms with Crippen LogP contribution in [-0.2, 0) is 17.1 Å². The molecule has 0 spiro atoms. The van der Waals surface area contributed by atoms with E-state index in [1.807, 2.05) is 10.00 Å². The molecule has 3 atom stereocenters. The highest BCUT2D eigenvalue weighted by Crippen LogP contribution is 2.44. The summed E-state index contributed by atoms with van der Waals surface area (Å²) in [6.45, 7) is 1.41. The molecule has 1 saturated carbocycles. The number of fused-ring (bicyclic) bond motifs is 1. The maximum Gasteiger partial charge on any atom is 0.421 e. The van der Waals surface area contributed by atoms with Crippen molar-refractivity contribution in [3.8, 4) is 0 Å². The Morgan fingerprint density at radius 2 is 1.69 bits per heavy atom. The van der Waals surface area contributed by atoms with E-state index >= 15 is 0 Å². The molecule has 3 fully saturated rings. The van der Waals surface area contributed by atoms with Gasteiger partial charge in [-0.25, -0.2) is 15.1 Å². The number of halogens is 6. The molecule has 1 aliphatic carbocycles. The number of carbonyl (C=O) groups is 1. The molecule has 2 aromatic heterocycles. The molecule has 2 aromatic rings. The average molecular weight is 560 g/mol. The standard InChI is InChI=1S/C24H27F6N7O2/c25-23(26,27)15-12-31-22(32-13-15)36-8-6-35(7-9-36)20(38)5-4-16-10-14-2-1-3-18(14)37(16)19-11-17(24(28,29)30)21(39)34-33-19/h11-14,16,18H,1-10H2,(H,34,39)/t14-,16+,18-/m0/s1. The molecular weight excluding hydrogens is 532 g/mol. The Labute approximate surface area is 219 Å². The molecule has 9 nitrogen and oxygen atoms in total. The molecular formula is C24H27F6N7O2. The minimum Gasteiger partial charge on any atom is -0.349 e. The van der Waals surface area contributed by atoms with Crippen LogP contribution in [0.25, 0.3) is 0 Å². The first kappa shape index (κ1) is 27.2. The molecule has 1 N–H and O–H groups in total. The van der Waals surface area contributed by atoms with E-state index in [1.54, 1.807) is 9.80 Å². The molecule has 2 aliphatic heterocycles. The van der Waals surface area contributed by atoms with Gasteiger partial charge >= 0.3 is 12.4 Å². The lowest BCUT2D eigenvalue weighted by molar-refractivity contribution is -0.139. The highest BCUT2D eigenvalue weighted by molar-refractivity contribution is 5.76. The topological polar surface area (TPSA) is 98.3 Å². The van der Waals surface area contributed by atoms with Crippen molar-refractivity contribution in [1.29, 1.82) is 0 Å². The van der Waals surface area contributed by atoms with Crippen LogP contribution < -0.4 is 15.4 Å². The molecule has 4 heterocycles. The van der Waals surface area contributed by atoms with Gasteiger partial charge in [0.1, 0.15) is 11.4 Å². The first-order valence-electron chi connectivity index (χ1n) is 12.8. The van der Waals surface area contributed by atoms with Gasteiger partial charge in [0, 0.05) is 63.1 Å². The van der Waals surface area contributed by atoms with Crippen molar-refractivity contribution in [3.63, 3.8) is 0 Å². The third kappa shape index (κ3) is 5.66. The van der Waals surface area contributed by atoms with Crippen molar-refractivity contribution in [2.75, 3.05) is 36.0 Å². The normalized spacial score (nSPS) is 23.8. The highest BCUT2D eigenvalue weighted by atomic mass is 19.4. The minimum absolute atomic E-state index is 0.0110. The fourth-order valence-corrected chi connectivity index (χ4v) is 5.98. The summed E-state index contributed by atoms with van der Waals surface area (Å²) in [7, 11) is 0. The molecule has 0 bridgehead atoms. The summed E-state index contributed by atoms with van der Waals surface area (Å²) in [4.78, 5) is 37.6. The number of carbonyl (C=O) groups excluding carboxylic acids is 1. The molecule has 5 rings (SSSR count). The first-order valence-corrected chi connectivity index (χ1v) is 12.8. The number of nitrogens with one attached hydrogen (secondary N) is 1.